The molecule has 100 valence electrons. The fourth-order valence-corrected chi connectivity index (χ4v) is 2.61. The molecule has 0 saturated carbocycles. The van der Waals surface area contributed by atoms with Gasteiger partial charge in [-0.05, 0) is 18.5 Å². The first-order valence-corrected chi connectivity index (χ1v) is 6.94. The molecular weight excluding hydrogens is 224 g/mol. The van der Waals surface area contributed by atoms with E-state index < -0.39 is 0 Å². The molecule has 18 heavy (non-hydrogen) atoms. The molecule has 1 aromatic carbocycles. The molecule has 1 fully saturated rings. The summed E-state index contributed by atoms with van der Waals surface area (Å²) in [5.41, 5.74) is 1.36. The van der Waals surface area contributed by atoms with Crippen molar-refractivity contribution in [2.75, 3.05) is 26.2 Å². The monoisotopic (exact) mass is 248 g/mol. The second kappa shape index (κ2) is 6.88. The average molecular weight is 248 g/mol. The average Bonchev–Trinajstić information content (AvgIpc) is 2.40. The molecule has 1 heterocycles. The third-order valence-corrected chi connectivity index (χ3v) is 3.68. The van der Waals surface area contributed by atoms with Crippen LogP contribution in [-0.2, 0) is 6.54 Å². The topological polar surface area (TPSA) is 35.5 Å². The van der Waals surface area contributed by atoms with Gasteiger partial charge >= 0.3 is 0 Å². The minimum atomic E-state index is -0.143. The van der Waals surface area contributed by atoms with Gasteiger partial charge in [-0.3, -0.25) is 4.90 Å². The van der Waals surface area contributed by atoms with Gasteiger partial charge in [-0.1, -0.05) is 37.3 Å². The number of benzene rings is 1. The van der Waals surface area contributed by atoms with Crippen LogP contribution in [0.2, 0.25) is 0 Å². The van der Waals surface area contributed by atoms with Crippen LogP contribution in [0.25, 0.3) is 0 Å². The van der Waals surface area contributed by atoms with Crippen LogP contribution in [0.4, 0.5) is 0 Å². The molecule has 1 saturated heterocycles. The molecule has 1 aromatic rings. The van der Waals surface area contributed by atoms with Crippen molar-refractivity contribution in [3.8, 4) is 0 Å². The first kappa shape index (κ1) is 13.5. The van der Waals surface area contributed by atoms with Crippen molar-refractivity contribution in [2.45, 2.75) is 26.0 Å². The number of hydrogen-bond donors (Lipinski definition) is 2. The number of aliphatic hydroxyl groups excluding tert-OH is 1. The van der Waals surface area contributed by atoms with Crippen LogP contribution in [0, 0.1) is 5.92 Å². The Labute approximate surface area is 110 Å². The Morgan fingerprint density at radius 2 is 2.11 bits per heavy atom. The minimum Gasteiger partial charge on any atom is -0.393 e. The van der Waals surface area contributed by atoms with Crippen LogP contribution in [0.3, 0.4) is 0 Å². The Kier molecular flexibility index (Phi) is 5.17. The van der Waals surface area contributed by atoms with Crippen molar-refractivity contribution >= 4 is 0 Å². The van der Waals surface area contributed by atoms with Gasteiger partial charge in [0.15, 0.2) is 0 Å². The molecule has 1 aliphatic heterocycles. The van der Waals surface area contributed by atoms with E-state index in [4.69, 9.17) is 0 Å². The van der Waals surface area contributed by atoms with E-state index in [0.717, 1.165) is 39.1 Å². The maximum absolute atomic E-state index is 10.0. The normalized spacial score (nSPS) is 25.2. The molecule has 1 aliphatic rings. The molecule has 2 atom stereocenters. The highest BCUT2D eigenvalue weighted by molar-refractivity contribution is 5.14. The molecular formula is C15H24N2O. The Morgan fingerprint density at radius 3 is 2.83 bits per heavy atom. The lowest BCUT2D eigenvalue weighted by molar-refractivity contribution is 0.0243. The SMILES string of the molecule is CCNC[C@H]1CN(Cc2ccccc2)CC[C@@H]1O. The maximum atomic E-state index is 10.0. The zero-order chi connectivity index (χ0) is 12.8. The van der Waals surface area contributed by atoms with Crippen molar-refractivity contribution in [1.82, 2.24) is 10.2 Å². The van der Waals surface area contributed by atoms with Crippen LogP contribution in [0.1, 0.15) is 18.9 Å². The first-order valence-electron chi connectivity index (χ1n) is 6.94. The van der Waals surface area contributed by atoms with Crippen LogP contribution < -0.4 is 5.32 Å². The van der Waals surface area contributed by atoms with Gasteiger partial charge in [0.2, 0.25) is 0 Å². The Morgan fingerprint density at radius 1 is 1.33 bits per heavy atom. The van der Waals surface area contributed by atoms with Crippen LogP contribution in [0.15, 0.2) is 30.3 Å². The molecule has 0 unspecified atom stereocenters. The molecule has 2 N–H and O–H groups in total. The zero-order valence-corrected chi connectivity index (χ0v) is 11.2. The number of nitrogens with zero attached hydrogens (tertiary/aromatic N) is 1. The lowest BCUT2D eigenvalue weighted by atomic mass is 9.94. The molecule has 3 heteroatoms. The van der Waals surface area contributed by atoms with E-state index in [0.29, 0.717) is 5.92 Å². The van der Waals surface area contributed by atoms with Gasteiger partial charge in [0, 0.05) is 32.1 Å². The van der Waals surface area contributed by atoms with Gasteiger partial charge in [0.05, 0.1) is 6.10 Å². The highest BCUT2D eigenvalue weighted by atomic mass is 16.3. The smallest absolute Gasteiger partial charge is 0.0605 e. The van der Waals surface area contributed by atoms with Gasteiger partial charge < -0.3 is 10.4 Å². The molecule has 0 amide bonds. The number of piperidine rings is 1. The molecule has 3 nitrogen and oxygen atoms in total. The third kappa shape index (κ3) is 3.80. The van der Waals surface area contributed by atoms with Crippen molar-refractivity contribution in [3.63, 3.8) is 0 Å². The second-order valence-corrected chi connectivity index (χ2v) is 5.14. The molecule has 0 aliphatic carbocycles. The van der Waals surface area contributed by atoms with Gasteiger partial charge in [-0.25, -0.2) is 0 Å². The predicted molar refractivity (Wildman–Crippen MR) is 74.4 cm³/mol. The molecule has 0 aromatic heterocycles. The second-order valence-electron chi connectivity index (χ2n) is 5.14. The Hall–Kier alpha value is -0.900. The van der Waals surface area contributed by atoms with Crippen molar-refractivity contribution < 1.29 is 5.11 Å². The molecule has 0 radical (unpaired) electrons. The summed E-state index contributed by atoms with van der Waals surface area (Å²) in [7, 11) is 0. The standard InChI is InChI=1S/C15H24N2O/c1-2-16-10-14-12-17(9-8-15(14)18)11-13-6-4-3-5-7-13/h3-7,14-16,18H,2,8-12H2,1H3/t14-,15-/m0/s1. The van der Waals surface area contributed by atoms with E-state index in [1.54, 1.807) is 0 Å². The van der Waals surface area contributed by atoms with Crippen LogP contribution in [0.5, 0.6) is 0 Å². The Balaban J connectivity index is 1.87. The summed E-state index contributed by atoms with van der Waals surface area (Å²) in [5, 5.41) is 13.4. The van der Waals surface area contributed by atoms with E-state index in [2.05, 4.69) is 47.5 Å². The lowest BCUT2D eigenvalue weighted by Gasteiger charge is -2.36. The van der Waals surface area contributed by atoms with E-state index in [-0.39, 0.29) is 6.10 Å². The highest BCUT2D eigenvalue weighted by Gasteiger charge is 2.27. The first-order chi connectivity index (χ1) is 8.79. The number of nitrogens with one attached hydrogen (secondary N) is 1. The largest absolute Gasteiger partial charge is 0.393 e. The summed E-state index contributed by atoms with van der Waals surface area (Å²) >= 11 is 0. The van der Waals surface area contributed by atoms with Crippen molar-refractivity contribution in [1.29, 1.82) is 0 Å². The molecule has 2 rings (SSSR count). The maximum Gasteiger partial charge on any atom is 0.0605 e. The summed E-state index contributed by atoms with van der Waals surface area (Å²) in [6.07, 6.45) is 0.749. The summed E-state index contributed by atoms with van der Waals surface area (Å²) in [4.78, 5) is 2.45. The molecule has 0 spiro atoms. The van der Waals surface area contributed by atoms with Crippen molar-refractivity contribution in [2.24, 2.45) is 5.92 Å². The fourth-order valence-electron chi connectivity index (χ4n) is 2.61. The number of hydrogen-bond acceptors (Lipinski definition) is 3. The molecule has 0 bridgehead atoms. The summed E-state index contributed by atoms with van der Waals surface area (Å²) in [5.74, 6) is 0.363. The summed E-state index contributed by atoms with van der Waals surface area (Å²) < 4.78 is 0. The Bertz CT molecular complexity index is 342. The van der Waals surface area contributed by atoms with Crippen LogP contribution in [-0.4, -0.2) is 42.3 Å². The predicted octanol–water partition coefficient (Wildman–Crippen LogP) is 1.48. The van der Waals surface area contributed by atoms with E-state index >= 15 is 0 Å². The fraction of sp³-hybridized carbons (Fsp3) is 0.600. The number of aliphatic hydroxyl groups is 1. The zero-order valence-electron chi connectivity index (χ0n) is 11.2. The number of rotatable bonds is 5. The van der Waals surface area contributed by atoms with Gasteiger partial charge in [-0.15, -0.1) is 0 Å². The van der Waals surface area contributed by atoms with Gasteiger partial charge in [0.1, 0.15) is 0 Å². The summed E-state index contributed by atoms with van der Waals surface area (Å²) in [6.45, 7) is 6.99. The lowest BCUT2D eigenvalue weighted by Crippen LogP contribution is -2.46. The minimum absolute atomic E-state index is 0.143. The van der Waals surface area contributed by atoms with E-state index in [1.807, 2.05) is 0 Å². The van der Waals surface area contributed by atoms with E-state index in [1.165, 1.54) is 5.56 Å². The summed E-state index contributed by atoms with van der Waals surface area (Å²) in [6, 6.07) is 10.6. The third-order valence-electron chi connectivity index (χ3n) is 3.68. The quantitative estimate of drug-likeness (QED) is 0.828. The van der Waals surface area contributed by atoms with Crippen LogP contribution >= 0.6 is 0 Å². The van der Waals surface area contributed by atoms with E-state index in [9.17, 15) is 5.11 Å². The van der Waals surface area contributed by atoms with Gasteiger partial charge in [-0.2, -0.15) is 0 Å². The van der Waals surface area contributed by atoms with Crippen molar-refractivity contribution in [3.05, 3.63) is 35.9 Å². The number of likely N-dealkylation sites (tertiary alicyclic amines) is 1. The van der Waals surface area contributed by atoms with Gasteiger partial charge in [0.25, 0.3) is 0 Å². The highest BCUT2D eigenvalue weighted by Crippen LogP contribution is 2.18.